The molecule has 0 spiro atoms. The molecular formula is C15H32N2. The molecule has 1 aliphatic rings. The van der Waals surface area contributed by atoms with Gasteiger partial charge < -0.3 is 10.2 Å². The van der Waals surface area contributed by atoms with Crippen LogP contribution in [-0.4, -0.2) is 37.1 Å². The second-order valence-corrected chi connectivity index (χ2v) is 5.88. The molecule has 102 valence electrons. The van der Waals surface area contributed by atoms with Gasteiger partial charge in [0.1, 0.15) is 0 Å². The van der Waals surface area contributed by atoms with Gasteiger partial charge >= 0.3 is 0 Å². The first-order valence-electron chi connectivity index (χ1n) is 7.62. The van der Waals surface area contributed by atoms with E-state index in [2.05, 4.69) is 38.0 Å². The van der Waals surface area contributed by atoms with E-state index in [0.717, 1.165) is 18.0 Å². The van der Waals surface area contributed by atoms with Gasteiger partial charge in [-0.15, -0.1) is 0 Å². The summed E-state index contributed by atoms with van der Waals surface area (Å²) in [7, 11) is 2.32. The van der Waals surface area contributed by atoms with Crippen molar-refractivity contribution in [1.82, 2.24) is 10.2 Å². The lowest BCUT2D eigenvalue weighted by molar-refractivity contribution is 0.123. The summed E-state index contributed by atoms with van der Waals surface area (Å²) in [6, 6.07) is 1.49. The molecule has 2 nitrogen and oxygen atoms in total. The zero-order valence-corrected chi connectivity index (χ0v) is 12.3. The van der Waals surface area contributed by atoms with Gasteiger partial charge in [0.25, 0.3) is 0 Å². The molecule has 0 saturated heterocycles. The van der Waals surface area contributed by atoms with Crippen LogP contribution in [0.5, 0.6) is 0 Å². The highest BCUT2D eigenvalue weighted by molar-refractivity contribution is 4.89. The van der Waals surface area contributed by atoms with Gasteiger partial charge in [-0.25, -0.2) is 0 Å². The minimum Gasteiger partial charge on any atom is -0.312 e. The van der Waals surface area contributed by atoms with Crippen LogP contribution in [-0.2, 0) is 0 Å². The average molecular weight is 240 g/mol. The van der Waals surface area contributed by atoms with Crippen molar-refractivity contribution in [2.45, 2.75) is 71.4 Å². The Morgan fingerprint density at radius 3 is 2.59 bits per heavy atom. The molecule has 0 radical (unpaired) electrons. The second kappa shape index (κ2) is 8.10. The SMILES string of the molecule is CCCCN(C)C1CC(C)CCC1NCCC. The third-order valence-electron chi connectivity index (χ3n) is 4.17. The maximum Gasteiger partial charge on any atom is 0.0248 e. The zero-order valence-electron chi connectivity index (χ0n) is 12.3. The van der Waals surface area contributed by atoms with E-state index in [1.807, 2.05) is 0 Å². The van der Waals surface area contributed by atoms with Gasteiger partial charge in [-0.2, -0.15) is 0 Å². The minimum absolute atomic E-state index is 0.730. The van der Waals surface area contributed by atoms with Crippen LogP contribution in [0, 0.1) is 5.92 Å². The minimum atomic E-state index is 0.730. The fourth-order valence-corrected chi connectivity index (χ4v) is 2.98. The van der Waals surface area contributed by atoms with Gasteiger partial charge in [-0.05, 0) is 58.2 Å². The smallest absolute Gasteiger partial charge is 0.0248 e. The van der Waals surface area contributed by atoms with E-state index in [9.17, 15) is 0 Å². The normalized spacial score (nSPS) is 29.8. The number of unbranched alkanes of at least 4 members (excludes halogenated alkanes) is 1. The molecule has 3 unspecified atom stereocenters. The summed E-state index contributed by atoms with van der Waals surface area (Å²) in [4.78, 5) is 2.60. The molecule has 1 aliphatic carbocycles. The summed E-state index contributed by atoms with van der Waals surface area (Å²) in [5, 5.41) is 3.76. The first kappa shape index (κ1) is 15.0. The Morgan fingerprint density at radius 1 is 1.18 bits per heavy atom. The molecule has 0 aromatic carbocycles. The summed E-state index contributed by atoms with van der Waals surface area (Å²) in [6.07, 6.45) is 8.03. The predicted octanol–water partition coefficient (Wildman–Crippen LogP) is 3.28. The molecule has 0 heterocycles. The van der Waals surface area contributed by atoms with Gasteiger partial charge in [0.2, 0.25) is 0 Å². The highest BCUT2D eigenvalue weighted by Gasteiger charge is 2.30. The first-order chi connectivity index (χ1) is 8.19. The molecular weight excluding hydrogens is 208 g/mol. The van der Waals surface area contributed by atoms with Crippen molar-refractivity contribution in [2.75, 3.05) is 20.1 Å². The van der Waals surface area contributed by atoms with Crippen molar-refractivity contribution in [3.05, 3.63) is 0 Å². The van der Waals surface area contributed by atoms with Crippen LogP contribution in [0.4, 0.5) is 0 Å². The van der Waals surface area contributed by atoms with E-state index < -0.39 is 0 Å². The Kier molecular flexibility index (Phi) is 7.14. The van der Waals surface area contributed by atoms with Gasteiger partial charge in [0.05, 0.1) is 0 Å². The molecule has 0 aromatic heterocycles. The third kappa shape index (κ3) is 4.97. The van der Waals surface area contributed by atoms with Crippen molar-refractivity contribution in [2.24, 2.45) is 5.92 Å². The fourth-order valence-electron chi connectivity index (χ4n) is 2.98. The van der Waals surface area contributed by atoms with Crippen LogP contribution in [0.25, 0.3) is 0 Å². The summed E-state index contributed by atoms with van der Waals surface area (Å²) in [5.41, 5.74) is 0. The topological polar surface area (TPSA) is 15.3 Å². The predicted molar refractivity (Wildman–Crippen MR) is 76.4 cm³/mol. The number of rotatable bonds is 7. The number of hydrogen-bond acceptors (Lipinski definition) is 2. The van der Waals surface area contributed by atoms with E-state index in [1.165, 1.54) is 51.6 Å². The summed E-state index contributed by atoms with van der Waals surface area (Å²) in [6.45, 7) is 9.39. The van der Waals surface area contributed by atoms with E-state index >= 15 is 0 Å². The Hall–Kier alpha value is -0.0800. The average Bonchev–Trinajstić information content (AvgIpc) is 2.34. The van der Waals surface area contributed by atoms with Crippen LogP contribution in [0.2, 0.25) is 0 Å². The van der Waals surface area contributed by atoms with E-state index in [-0.39, 0.29) is 0 Å². The molecule has 0 aliphatic heterocycles. The Labute approximate surface area is 108 Å². The first-order valence-corrected chi connectivity index (χ1v) is 7.62. The monoisotopic (exact) mass is 240 g/mol. The van der Waals surface area contributed by atoms with Crippen LogP contribution in [0.3, 0.4) is 0 Å². The lowest BCUT2D eigenvalue weighted by Gasteiger charge is -2.41. The number of nitrogens with one attached hydrogen (secondary N) is 1. The van der Waals surface area contributed by atoms with Crippen LogP contribution in [0.15, 0.2) is 0 Å². The number of nitrogens with zero attached hydrogens (tertiary/aromatic N) is 1. The maximum absolute atomic E-state index is 3.76. The molecule has 1 fully saturated rings. The van der Waals surface area contributed by atoms with Crippen molar-refractivity contribution in [3.8, 4) is 0 Å². The molecule has 3 atom stereocenters. The third-order valence-corrected chi connectivity index (χ3v) is 4.17. The molecule has 0 aromatic rings. The van der Waals surface area contributed by atoms with Crippen molar-refractivity contribution >= 4 is 0 Å². The molecule has 2 heteroatoms. The Morgan fingerprint density at radius 2 is 1.94 bits per heavy atom. The summed E-state index contributed by atoms with van der Waals surface area (Å²) < 4.78 is 0. The highest BCUT2D eigenvalue weighted by Crippen LogP contribution is 2.27. The fraction of sp³-hybridized carbons (Fsp3) is 1.00. The summed E-state index contributed by atoms with van der Waals surface area (Å²) >= 11 is 0. The lowest BCUT2D eigenvalue weighted by Crippen LogP contribution is -2.52. The molecule has 0 bridgehead atoms. The van der Waals surface area contributed by atoms with Gasteiger partial charge in [-0.3, -0.25) is 0 Å². The Balaban J connectivity index is 2.47. The zero-order chi connectivity index (χ0) is 12.7. The summed E-state index contributed by atoms with van der Waals surface area (Å²) in [5.74, 6) is 0.906. The van der Waals surface area contributed by atoms with Gasteiger partial charge in [0, 0.05) is 12.1 Å². The largest absolute Gasteiger partial charge is 0.312 e. The van der Waals surface area contributed by atoms with Gasteiger partial charge in [0.15, 0.2) is 0 Å². The number of hydrogen-bond donors (Lipinski definition) is 1. The molecule has 1 N–H and O–H groups in total. The van der Waals surface area contributed by atoms with E-state index in [4.69, 9.17) is 0 Å². The number of likely N-dealkylation sites (N-methyl/N-ethyl adjacent to an activating group) is 1. The molecule has 17 heavy (non-hydrogen) atoms. The van der Waals surface area contributed by atoms with Crippen molar-refractivity contribution in [1.29, 1.82) is 0 Å². The standard InChI is InChI=1S/C15H32N2/c1-5-7-11-17(4)15-12-13(3)8-9-14(15)16-10-6-2/h13-16H,5-12H2,1-4H3. The van der Waals surface area contributed by atoms with E-state index in [1.54, 1.807) is 0 Å². The van der Waals surface area contributed by atoms with Crippen LogP contribution < -0.4 is 5.32 Å². The maximum atomic E-state index is 3.76. The van der Waals surface area contributed by atoms with E-state index in [0.29, 0.717) is 0 Å². The quantitative estimate of drug-likeness (QED) is 0.735. The second-order valence-electron chi connectivity index (χ2n) is 5.88. The van der Waals surface area contributed by atoms with Crippen LogP contribution in [0.1, 0.15) is 59.3 Å². The lowest BCUT2D eigenvalue weighted by atomic mass is 9.82. The molecule has 0 amide bonds. The van der Waals surface area contributed by atoms with Crippen molar-refractivity contribution in [3.63, 3.8) is 0 Å². The highest BCUT2D eigenvalue weighted by atomic mass is 15.2. The molecule has 1 saturated carbocycles. The Bertz CT molecular complexity index is 191. The van der Waals surface area contributed by atoms with Crippen LogP contribution >= 0.6 is 0 Å². The van der Waals surface area contributed by atoms with Gasteiger partial charge in [-0.1, -0.05) is 27.2 Å². The van der Waals surface area contributed by atoms with Crippen molar-refractivity contribution < 1.29 is 0 Å². The molecule has 1 rings (SSSR count).